The molecule has 1 aromatic carbocycles. The number of aryl methyl sites for hydroxylation is 1. The molecule has 1 aromatic heterocycles. The summed E-state index contributed by atoms with van der Waals surface area (Å²) in [5, 5.41) is 8.76. The van der Waals surface area contributed by atoms with Crippen LogP contribution in [0.4, 0.5) is 14.6 Å². The van der Waals surface area contributed by atoms with E-state index < -0.39 is 11.6 Å². The maximum absolute atomic E-state index is 13.7. The Kier molecular flexibility index (Phi) is 5.08. The standard InChI is InChI=1S/C18H18F2N4O/c1-12-16(4-7-21)22-11-18(23-12)24-8-5-14(6-9-24)25-17-3-2-13(19)10-15(17)20/h2-3,10-11,14H,4-6,8-9H2,1H3. The highest BCUT2D eigenvalue weighted by Gasteiger charge is 2.23. The number of aromatic nitrogens is 2. The Bertz CT molecular complexity index is 798. The van der Waals surface area contributed by atoms with Gasteiger partial charge in [0.05, 0.1) is 30.1 Å². The van der Waals surface area contributed by atoms with Crippen molar-refractivity contribution in [1.29, 1.82) is 5.26 Å². The molecule has 0 unspecified atom stereocenters. The van der Waals surface area contributed by atoms with Crippen molar-refractivity contribution < 1.29 is 13.5 Å². The second-order valence-electron chi connectivity index (χ2n) is 5.97. The van der Waals surface area contributed by atoms with Crippen molar-refractivity contribution in [1.82, 2.24) is 9.97 Å². The quantitative estimate of drug-likeness (QED) is 0.852. The van der Waals surface area contributed by atoms with Gasteiger partial charge < -0.3 is 9.64 Å². The van der Waals surface area contributed by atoms with E-state index in [9.17, 15) is 8.78 Å². The summed E-state index contributed by atoms with van der Waals surface area (Å²) in [7, 11) is 0. The van der Waals surface area contributed by atoms with Crippen LogP contribution in [-0.2, 0) is 6.42 Å². The number of nitrogens with zero attached hydrogens (tertiary/aromatic N) is 4. The van der Waals surface area contributed by atoms with E-state index >= 15 is 0 Å². The van der Waals surface area contributed by atoms with Crippen LogP contribution in [0.25, 0.3) is 0 Å². The Morgan fingerprint density at radius 2 is 2.08 bits per heavy atom. The Balaban J connectivity index is 1.60. The molecule has 0 saturated carbocycles. The predicted molar refractivity (Wildman–Crippen MR) is 88.3 cm³/mol. The third-order valence-electron chi connectivity index (χ3n) is 4.24. The summed E-state index contributed by atoms with van der Waals surface area (Å²) in [6, 6.07) is 5.41. The number of ether oxygens (including phenoxy) is 1. The van der Waals surface area contributed by atoms with Gasteiger partial charge in [-0.1, -0.05) is 0 Å². The van der Waals surface area contributed by atoms with Crippen molar-refractivity contribution in [3.8, 4) is 11.8 Å². The molecule has 1 saturated heterocycles. The van der Waals surface area contributed by atoms with Gasteiger partial charge in [-0.05, 0) is 19.1 Å². The molecule has 5 nitrogen and oxygen atoms in total. The summed E-state index contributed by atoms with van der Waals surface area (Å²) in [5.74, 6) is -0.451. The molecule has 1 fully saturated rings. The normalized spacial score (nSPS) is 15.0. The second kappa shape index (κ2) is 7.43. The van der Waals surface area contributed by atoms with Crippen molar-refractivity contribution in [3.63, 3.8) is 0 Å². The molecule has 3 rings (SSSR count). The minimum Gasteiger partial charge on any atom is -0.487 e. The van der Waals surface area contributed by atoms with Gasteiger partial charge in [-0.2, -0.15) is 5.26 Å². The SMILES string of the molecule is Cc1nc(N2CCC(Oc3ccc(F)cc3F)CC2)cnc1CC#N. The van der Waals surface area contributed by atoms with Crippen LogP contribution in [0.5, 0.6) is 5.75 Å². The Labute approximate surface area is 144 Å². The summed E-state index contributed by atoms with van der Waals surface area (Å²) < 4.78 is 32.3. The third-order valence-corrected chi connectivity index (χ3v) is 4.24. The van der Waals surface area contributed by atoms with Gasteiger partial charge in [0.15, 0.2) is 11.6 Å². The Morgan fingerprint density at radius 1 is 1.32 bits per heavy atom. The molecule has 0 bridgehead atoms. The van der Waals surface area contributed by atoms with Crippen molar-refractivity contribution in [3.05, 3.63) is 47.4 Å². The average Bonchev–Trinajstić information content (AvgIpc) is 2.60. The molecule has 0 spiro atoms. The van der Waals surface area contributed by atoms with E-state index in [2.05, 4.69) is 20.9 Å². The number of piperidine rings is 1. The number of hydrogen-bond acceptors (Lipinski definition) is 5. The zero-order valence-electron chi connectivity index (χ0n) is 13.9. The van der Waals surface area contributed by atoms with E-state index in [0.717, 1.165) is 17.6 Å². The molecule has 1 aliphatic heterocycles. The third kappa shape index (κ3) is 4.02. The first-order valence-corrected chi connectivity index (χ1v) is 8.13. The lowest BCUT2D eigenvalue weighted by Gasteiger charge is -2.33. The van der Waals surface area contributed by atoms with Gasteiger partial charge in [-0.25, -0.2) is 13.8 Å². The van der Waals surface area contributed by atoms with Crippen LogP contribution in [0.3, 0.4) is 0 Å². The molecule has 130 valence electrons. The molecular weight excluding hydrogens is 326 g/mol. The van der Waals surface area contributed by atoms with E-state index in [1.54, 1.807) is 6.20 Å². The van der Waals surface area contributed by atoms with Gasteiger partial charge >= 0.3 is 0 Å². The van der Waals surface area contributed by atoms with Crippen LogP contribution in [0.15, 0.2) is 24.4 Å². The van der Waals surface area contributed by atoms with Crippen LogP contribution >= 0.6 is 0 Å². The predicted octanol–water partition coefficient (Wildman–Crippen LogP) is 3.18. The molecule has 2 heterocycles. The summed E-state index contributed by atoms with van der Waals surface area (Å²) in [4.78, 5) is 10.9. The smallest absolute Gasteiger partial charge is 0.167 e. The monoisotopic (exact) mass is 344 g/mol. The second-order valence-corrected chi connectivity index (χ2v) is 5.97. The average molecular weight is 344 g/mol. The molecule has 0 amide bonds. The molecule has 0 radical (unpaired) electrons. The van der Waals surface area contributed by atoms with Crippen molar-refractivity contribution in [2.75, 3.05) is 18.0 Å². The van der Waals surface area contributed by atoms with Gasteiger partial charge in [-0.15, -0.1) is 0 Å². The van der Waals surface area contributed by atoms with Crippen LogP contribution in [-0.4, -0.2) is 29.2 Å². The van der Waals surface area contributed by atoms with Crippen molar-refractivity contribution in [2.24, 2.45) is 0 Å². The number of halogens is 2. The van der Waals surface area contributed by atoms with Gasteiger partial charge in [0.2, 0.25) is 0 Å². The zero-order chi connectivity index (χ0) is 17.8. The van der Waals surface area contributed by atoms with E-state index in [1.165, 1.54) is 12.1 Å². The van der Waals surface area contributed by atoms with E-state index in [0.29, 0.717) is 31.6 Å². The molecule has 0 N–H and O–H groups in total. The van der Waals surface area contributed by atoms with Crippen LogP contribution < -0.4 is 9.64 Å². The van der Waals surface area contributed by atoms with Crippen LogP contribution in [0.2, 0.25) is 0 Å². The first-order valence-electron chi connectivity index (χ1n) is 8.13. The fourth-order valence-corrected chi connectivity index (χ4v) is 2.85. The molecule has 2 aromatic rings. The highest BCUT2D eigenvalue weighted by atomic mass is 19.1. The largest absolute Gasteiger partial charge is 0.487 e. The fraction of sp³-hybridized carbons (Fsp3) is 0.389. The Hall–Kier alpha value is -2.75. The van der Waals surface area contributed by atoms with Gasteiger partial charge in [0, 0.05) is 32.0 Å². The highest BCUT2D eigenvalue weighted by molar-refractivity contribution is 5.38. The zero-order valence-corrected chi connectivity index (χ0v) is 13.9. The number of hydrogen-bond donors (Lipinski definition) is 0. The number of rotatable bonds is 4. The fourth-order valence-electron chi connectivity index (χ4n) is 2.85. The minimum absolute atomic E-state index is 0.0799. The lowest BCUT2D eigenvalue weighted by atomic mass is 10.1. The summed E-state index contributed by atoms with van der Waals surface area (Å²) >= 11 is 0. The first kappa shape index (κ1) is 17.1. The topological polar surface area (TPSA) is 62.0 Å². The minimum atomic E-state index is -0.683. The molecule has 25 heavy (non-hydrogen) atoms. The summed E-state index contributed by atoms with van der Waals surface area (Å²) in [5.41, 5.74) is 1.45. The maximum atomic E-state index is 13.7. The van der Waals surface area contributed by atoms with E-state index in [1.807, 2.05) is 6.92 Å². The number of benzene rings is 1. The van der Waals surface area contributed by atoms with E-state index in [4.69, 9.17) is 10.00 Å². The number of anilines is 1. The summed E-state index contributed by atoms with van der Waals surface area (Å²) in [6.45, 7) is 3.26. The number of nitriles is 1. The summed E-state index contributed by atoms with van der Waals surface area (Å²) in [6.07, 6.45) is 3.22. The van der Waals surface area contributed by atoms with Gasteiger partial charge in [0.25, 0.3) is 0 Å². The van der Waals surface area contributed by atoms with Gasteiger partial charge in [-0.3, -0.25) is 4.98 Å². The van der Waals surface area contributed by atoms with E-state index in [-0.39, 0.29) is 18.3 Å². The van der Waals surface area contributed by atoms with Crippen LogP contribution in [0, 0.1) is 29.9 Å². The maximum Gasteiger partial charge on any atom is 0.167 e. The molecule has 1 aliphatic rings. The first-order chi connectivity index (χ1) is 12.1. The van der Waals surface area contributed by atoms with Crippen molar-refractivity contribution >= 4 is 5.82 Å². The molecular formula is C18H18F2N4O. The molecule has 0 atom stereocenters. The van der Waals surface area contributed by atoms with Crippen LogP contribution in [0.1, 0.15) is 24.2 Å². The molecule has 0 aliphatic carbocycles. The van der Waals surface area contributed by atoms with Gasteiger partial charge in [0.1, 0.15) is 17.7 Å². The lowest BCUT2D eigenvalue weighted by Crippen LogP contribution is -2.39. The lowest BCUT2D eigenvalue weighted by molar-refractivity contribution is 0.163. The van der Waals surface area contributed by atoms with Crippen molar-refractivity contribution in [2.45, 2.75) is 32.3 Å². The Morgan fingerprint density at radius 3 is 2.72 bits per heavy atom. The highest BCUT2D eigenvalue weighted by Crippen LogP contribution is 2.24. The molecule has 7 heteroatoms.